The average Bonchev–Trinajstić information content (AvgIpc) is 2.30. The van der Waals surface area contributed by atoms with Crippen molar-refractivity contribution < 1.29 is 12.8 Å². The Kier molecular flexibility index (Phi) is 7.79. The Balaban J connectivity index is 0.00000400. The third-order valence-electron chi connectivity index (χ3n) is 2.89. The van der Waals surface area contributed by atoms with Crippen LogP contribution >= 0.6 is 28.3 Å². The molecule has 0 aliphatic rings. The summed E-state index contributed by atoms with van der Waals surface area (Å²) >= 11 is 2.99. The molecule has 4 nitrogen and oxygen atoms in total. The summed E-state index contributed by atoms with van der Waals surface area (Å²) in [5.41, 5.74) is 4.93. The summed E-state index contributed by atoms with van der Waals surface area (Å²) in [4.78, 5) is -0.110. The molecule has 0 radical (unpaired) electrons. The summed E-state index contributed by atoms with van der Waals surface area (Å²) in [6.07, 6.45) is 0.599. The predicted octanol–water partition coefficient (Wildman–Crippen LogP) is 3.05. The van der Waals surface area contributed by atoms with E-state index in [1.54, 1.807) is 6.92 Å². The molecular weight excluding hydrogens is 383 g/mol. The van der Waals surface area contributed by atoms with Crippen molar-refractivity contribution in [1.29, 1.82) is 0 Å². The molecule has 8 heteroatoms. The highest BCUT2D eigenvalue weighted by Gasteiger charge is 2.30. The van der Waals surface area contributed by atoms with Gasteiger partial charge in [0, 0.05) is 12.1 Å². The van der Waals surface area contributed by atoms with E-state index >= 15 is 0 Å². The van der Waals surface area contributed by atoms with Gasteiger partial charge in [-0.3, -0.25) is 0 Å². The summed E-state index contributed by atoms with van der Waals surface area (Å²) in [5, 5.41) is 0. The topological polar surface area (TPSA) is 72.2 Å². The highest BCUT2D eigenvalue weighted by atomic mass is 79.9. The van der Waals surface area contributed by atoms with E-state index in [9.17, 15) is 12.8 Å². The predicted molar refractivity (Wildman–Crippen MR) is 88.6 cm³/mol. The number of sulfonamides is 1. The molecule has 0 saturated heterocycles. The summed E-state index contributed by atoms with van der Waals surface area (Å²) in [5.74, 6) is -0.334. The Bertz CT molecular complexity index is 584. The standard InChI is InChI=1S/C13H20BrFN2O2S.ClH/c1-9(2)7-13(3,8-16)17-20(18,19)10-4-5-11(14)12(15)6-10;/h4-6,9,17H,7-8,16H2,1-3H3;1H. The summed E-state index contributed by atoms with van der Waals surface area (Å²) in [6, 6.07) is 3.70. The molecule has 3 N–H and O–H groups in total. The van der Waals surface area contributed by atoms with Crippen molar-refractivity contribution in [3.63, 3.8) is 0 Å². The number of halogens is 3. The largest absolute Gasteiger partial charge is 0.329 e. The van der Waals surface area contributed by atoms with Crippen LogP contribution in [0.5, 0.6) is 0 Å². The van der Waals surface area contributed by atoms with Gasteiger partial charge in [0.1, 0.15) is 5.82 Å². The van der Waals surface area contributed by atoms with Crippen LogP contribution in [0, 0.1) is 11.7 Å². The second-order valence-corrected chi connectivity index (χ2v) is 8.08. The molecule has 0 amide bonds. The Hall–Kier alpha value is -0.210. The number of hydrogen-bond acceptors (Lipinski definition) is 3. The lowest BCUT2D eigenvalue weighted by Crippen LogP contribution is -2.51. The van der Waals surface area contributed by atoms with Gasteiger partial charge in [0.15, 0.2) is 0 Å². The van der Waals surface area contributed by atoms with E-state index in [2.05, 4.69) is 20.7 Å². The number of nitrogens with one attached hydrogen (secondary N) is 1. The third kappa shape index (κ3) is 5.83. The highest BCUT2D eigenvalue weighted by molar-refractivity contribution is 9.10. The van der Waals surface area contributed by atoms with Crippen LogP contribution in [-0.2, 0) is 10.0 Å². The molecule has 1 aromatic carbocycles. The van der Waals surface area contributed by atoms with E-state index in [0.717, 1.165) is 6.07 Å². The first-order chi connectivity index (χ1) is 9.09. The molecule has 0 saturated carbocycles. The van der Waals surface area contributed by atoms with Gasteiger partial charge in [0.2, 0.25) is 10.0 Å². The Morgan fingerprint density at radius 3 is 2.43 bits per heavy atom. The number of benzene rings is 1. The first-order valence-corrected chi connectivity index (χ1v) is 8.56. The van der Waals surface area contributed by atoms with Gasteiger partial charge in [-0.05, 0) is 53.4 Å². The quantitative estimate of drug-likeness (QED) is 0.767. The minimum atomic E-state index is -3.81. The monoisotopic (exact) mass is 402 g/mol. The minimum absolute atomic E-state index is 0. The fourth-order valence-electron chi connectivity index (χ4n) is 2.10. The number of nitrogens with two attached hydrogens (primary N) is 1. The molecule has 1 atom stereocenters. The van der Waals surface area contributed by atoms with Crippen molar-refractivity contribution in [3.05, 3.63) is 28.5 Å². The van der Waals surface area contributed by atoms with Gasteiger partial charge in [-0.25, -0.2) is 17.5 Å². The van der Waals surface area contributed by atoms with E-state index in [4.69, 9.17) is 5.73 Å². The van der Waals surface area contributed by atoms with Crippen molar-refractivity contribution in [2.24, 2.45) is 11.7 Å². The van der Waals surface area contributed by atoms with Crippen LogP contribution in [0.3, 0.4) is 0 Å². The van der Waals surface area contributed by atoms with Crippen molar-refractivity contribution in [2.45, 2.75) is 37.6 Å². The maximum Gasteiger partial charge on any atom is 0.241 e. The van der Waals surface area contributed by atoms with E-state index in [-0.39, 0.29) is 34.2 Å². The summed E-state index contributed by atoms with van der Waals surface area (Å²) in [6.45, 7) is 5.90. The summed E-state index contributed by atoms with van der Waals surface area (Å²) < 4.78 is 40.9. The van der Waals surface area contributed by atoms with Gasteiger partial charge in [-0.1, -0.05) is 13.8 Å². The molecule has 1 rings (SSSR count). The van der Waals surface area contributed by atoms with Crippen molar-refractivity contribution in [2.75, 3.05) is 6.54 Å². The highest BCUT2D eigenvalue weighted by Crippen LogP contribution is 2.22. The van der Waals surface area contributed by atoms with E-state index in [1.165, 1.54) is 12.1 Å². The van der Waals surface area contributed by atoms with Crippen molar-refractivity contribution in [3.8, 4) is 0 Å². The molecule has 0 aromatic heterocycles. The summed E-state index contributed by atoms with van der Waals surface area (Å²) in [7, 11) is -3.81. The molecule has 122 valence electrons. The van der Waals surface area contributed by atoms with E-state index in [1.807, 2.05) is 13.8 Å². The maximum absolute atomic E-state index is 13.5. The normalized spacial score (nSPS) is 14.6. The van der Waals surface area contributed by atoms with Crippen molar-refractivity contribution >= 4 is 38.4 Å². The first kappa shape index (κ1) is 20.8. The first-order valence-electron chi connectivity index (χ1n) is 6.29. The zero-order valence-electron chi connectivity index (χ0n) is 12.2. The van der Waals surface area contributed by atoms with Crippen molar-refractivity contribution in [1.82, 2.24) is 4.72 Å². The van der Waals surface area contributed by atoms with Crippen LogP contribution in [0.25, 0.3) is 0 Å². The molecule has 0 heterocycles. The van der Waals surface area contributed by atoms with Crippen LogP contribution < -0.4 is 10.5 Å². The molecular formula is C13H21BrClFN2O2S. The Labute approximate surface area is 140 Å². The number of rotatable bonds is 6. The van der Waals surface area contributed by atoms with Crippen LogP contribution in [0.1, 0.15) is 27.2 Å². The van der Waals surface area contributed by atoms with E-state index in [0.29, 0.717) is 6.42 Å². The smallest absolute Gasteiger partial charge is 0.241 e. The average molecular weight is 404 g/mol. The maximum atomic E-state index is 13.5. The van der Waals surface area contributed by atoms with Crippen LogP contribution in [-0.4, -0.2) is 20.5 Å². The molecule has 1 unspecified atom stereocenters. The zero-order valence-corrected chi connectivity index (χ0v) is 15.4. The van der Waals surface area contributed by atoms with Crippen LogP contribution in [0.4, 0.5) is 4.39 Å². The van der Waals surface area contributed by atoms with Gasteiger partial charge >= 0.3 is 0 Å². The van der Waals surface area contributed by atoms with Crippen LogP contribution in [0.15, 0.2) is 27.6 Å². The molecule has 0 aliphatic carbocycles. The zero-order chi connectivity index (χ0) is 15.6. The second-order valence-electron chi connectivity index (χ2n) is 5.54. The second kappa shape index (κ2) is 7.87. The fourth-order valence-corrected chi connectivity index (χ4v) is 3.78. The lowest BCUT2D eigenvalue weighted by atomic mass is 9.92. The van der Waals surface area contributed by atoms with Gasteiger partial charge < -0.3 is 5.73 Å². The Morgan fingerprint density at radius 2 is 2.00 bits per heavy atom. The SMILES string of the molecule is CC(C)CC(C)(CN)NS(=O)(=O)c1ccc(Br)c(F)c1.Cl. The van der Waals surface area contributed by atoms with Gasteiger partial charge in [-0.15, -0.1) is 12.4 Å². The number of hydrogen-bond donors (Lipinski definition) is 2. The third-order valence-corrected chi connectivity index (χ3v) is 5.17. The lowest BCUT2D eigenvalue weighted by molar-refractivity contribution is 0.344. The van der Waals surface area contributed by atoms with Crippen LogP contribution in [0.2, 0.25) is 0 Å². The Morgan fingerprint density at radius 1 is 1.43 bits per heavy atom. The fraction of sp³-hybridized carbons (Fsp3) is 0.538. The van der Waals surface area contributed by atoms with E-state index < -0.39 is 21.4 Å². The molecule has 0 spiro atoms. The van der Waals surface area contributed by atoms with Gasteiger partial charge in [0.05, 0.1) is 9.37 Å². The minimum Gasteiger partial charge on any atom is -0.329 e. The molecule has 0 aliphatic heterocycles. The van der Waals surface area contributed by atoms with Gasteiger partial charge in [-0.2, -0.15) is 0 Å². The lowest BCUT2D eigenvalue weighted by Gasteiger charge is -2.30. The van der Waals surface area contributed by atoms with Gasteiger partial charge in [0.25, 0.3) is 0 Å². The molecule has 0 bridgehead atoms. The molecule has 0 fully saturated rings. The molecule has 21 heavy (non-hydrogen) atoms. The molecule has 1 aromatic rings.